The second-order valence-corrected chi connectivity index (χ2v) is 5.65. The van der Waals surface area contributed by atoms with Gasteiger partial charge in [0.15, 0.2) is 10.8 Å². The molecule has 1 aromatic carbocycles. The largest absolute Gasteiger partial charge is 0.439 e. The summed E-state index contributed by atoms with van der Waals surface area (Å²) in [6.07, 6.45) is 1.91. The topological polar surface area (TPSA) is 65.2 Å². The number of hydrogen-bond acceptors (Lipinski definition) is 6. The number of rotatable bonds is 3. The third-order valence-corrected chi connectivity index (χ3v) is 4.17. The van der Waals surface area contributed by atoms with Gasteiger partial charge in [0.1, 0.15) is 5.75 Å². The Kier molecular flexibility index (Phi) is 3.69. The van der Waals surface area contributed by atoms with Crippen LogP contribution in [0.4, 0.5) is 0 Å². The fraction of sp³-hybridized carbons (Fsp3) is 0.231. The summed E-state index contributed by atoms with van der Waals surface area (Å²) in [5.41, 5.74) is 2.51. The molecule has 8 heteroatoms. The summed E-state index contributed by atoms with van der Waals surface area (Å²) in [5, 5.41) is 12.8. The van der Waals surface area contributed by atoms with E-state index in [1.54, 1.807) is 10.6 Å². The zero-order chi connectivity index (χ0) is 15.0. The number of tetrazole rings is 1. The maximum absolute atomic E-state index is 6.16. The first-order valence-corrected chi connectivity index (χ1v) is 7.76. The molecule has 0 aliphatic rings. The van der Waals surface area contributed by atoms with Crippen molar-refractivity contribution in [3.8, 4) is 11.6 Å². The molecule has 6 nitrogen and oxygen atoms in total. The van der Waals surface area contributed by atoms with Crippen LogP contribution in [0.1, 0.15) is 11.1 Å². The number of nitrogens with zero attached hydrogens (tertiary/aromatic N) is 5. The van der Waals surface area contributed by atoms with Crippen molar-refractivity contribution in [1.29, 1.82) is 0 Å². The van der Waals surface area contributed by atoms with Gasteiger partial charge in [-0.1, -0.05) is 23.4 Å². The molecule has 3 aromatic rings. The Labute approximate surface area is 130 Å². The van der Waals surface area contributed by atoms with E-state index >= 15 is 0 Å². The van der Waals surface area contributed by atoms with E-state index in [9.17, 15) is 0 Å². The summed E-state index contributed by atoms with van der Waals surface area (Å²) in [5.74, 6) is 1.13. The summed E-state index contributed by atoms with van der Waals surface area (Å²) in [7, 11) is 0. The highest BCUT2D eigenvalue weighted by molar-refractivity contribution is 7.98. The number of fused-ring (bicyclic) bond motifs is 1. The number of aryl methyl sites for hydroxylation is 2. The molecule has 0 fully saturated rings. The molecule has 0 saturated carbocycles. The fourth-order valence-corrected chi connectivity index (χ4v) is 2.57. The normalized spacial score (nSPS) is 11.0. The van der Waals surface area contributed by atoms with Gasteiger partial charge in [-0.3, -0.25) is 0 Å². The van der Waals surface area contributed by atoms with Crippen molar-refractivity contribution in [2.45, 2.75) is 19.0 Å². The number of thioether (sulfide) groups is 1. The summed E-state index contributed by atoms with van der Waals surface area (Å²) < 4.78 is 7.39. The molecule has 0 atom stereocenters. The van der Waals surface area contributed by atoms with Crippen molar-refractivity contribution in [2.75, 3.05) is 6.26 Å². The Morgan fingerprint density at radius 3 is 2.57 bits per heavy atom. The van der Waals surface area contributed by atoms with Crippen molar-refractivity contribution in [1.82, 2.24) is 25.0 Å². The summed E-state index contributed by atoms with van der Waals surface area (Å²) in [6.45, 7) is 3.88. The molecule has 21 heavy (non-hydrogen) atoms. The van der Waals surface area contributed by atoms with Gasteiger partial charge in [-0.15, -0.1) is 5.10 Å². The Morgan fingerprint density at radius 1 is 1.19 bits per heavy atom. The van der Waals surface area contributed by atoms with Crippen LogP contribution in [0.2, 0.25) is 5.02 Å². The van der Waals surface area contributed by atoms with Crippen molar-refractivity contribution >= 4 is 29.0 Å². The van der Waals surface area contributed by atoms with Crippen molar-refractivity contribution in [3.05, 3.63) is 34.3 Å². The molecular weight excluding hydrogens is 310 g/mol. The molecule has 0 amide bonds. The van der Waals surface area contributed by atoms with Crippen molar-refractivity contribution in [2.24, 2.45) is 0 Å². The zero-order valence-electron chi connectivity index (χ0n) is 11.7. The Morgan fingerprint density at radius 2 is 1.90 bits per heavy atom. The molecule has 0 spiro atoms. The Balaban J connectivity index is 2.01. The molecule has 0 saturated heterocycles. The van der Waals surface area contributed by atoms with Gasteiger partial charge in [-0.25, -0.2) is 0 Å². The molecule has 2 aromatic heterocycles. The molecule has 2 heterocycles. The van der Waals surface area contributed by atoms with E-state index in [-0.39, 0.29) is 0 Å². The lowest BCUT2D eigenvalue weighted by atomic mass is 10.1. The number of hydrogen-bond donors (Lipinski definition) is 0. The van der Waals surface area contributed by atoms with Crippen molar-refractivity contribution < 1.29 is 4.74 Å². The zero-order valence-corrected chi connectivity index (χ0v) is 13.2. The molecule has 0 aliphatic carbocycles. The van der Waals surface area contributed by atoms with Crippen LogP contribution in [0.15, 0.2) is 23.4 Å². The highest BCUT2D eigenvalue weighted by Gasteiger charge is 2.11. The lowest BCUT2D eigenvalue weighted by Crippen LogP contribution is -1.99. The second kappa shape index (κ2) is 5.50. The standard InChI is InChI=1S/C13H12ClN5OS/c1-7-4-9(5-8(2)12(7)14)20-11-6-10-16-17-18-19(10)13(15-11)21-3/h4-6H,1-3H3. The molecule has 0 bridgehead atoms. The van der Waals surface area contributed by atoms with Crippen LogP contribution < -0.4 is 4.74 Å². The van der Waals surface area contributed by atoms with E-state index in [0.29, 0.717) is 22.4 Å². The van der Waals surface area contributed by atoms with Gasteiger partial charge in [0, 0.05) is 11.1 Å². The molecule has 0 unspecified atom stereocenters. The third-order valence-electron chi connectivity index (χ3n) is 2.95. The fourth-order valence-electron chi connectivity index (χ4n) is 1.97. The highest BCUT2D eigenvalue weighted by atomic mass is 35.5. The van der Waals surface area contributed by atoms with Gasteiger partial charge in [0.25, 0.3) is 0 Å². The number of aromatic nitrogens is 5. The summed E-state index contributed by atoms with van der Waals surface area (Å²) in [6, 6.07) is 5.45. The van der Waals surface area contributed by atoms with E-state index in [4.69, 9.17) is 16.3 Å². The predicted molar refractivity (Wildman–Crippen MR) is 81.4 cm³/mol. The number of ether oxygens (including phenoxy) is 1. The van der Waals surface area contributed by atoms with Gasteiger partial charge in [-0.2, -0.15) is 9.50 Å². The second-order valence-electron chi connectivity index (χ2n) is 4.50. The van der Waals surface area contributed by atoms with Crippen LogP contribution in [0.3, 0.4) is 0 Å². The van der Waals surface area contributed by atoms with Gasteiger partial charge in [0.2, 0.25) is 5.88 Å². The van der Waals surface area contributed by atoms with Crippen molar-refractivity contribution in [3.63, 3.8) is 0 Å². The van der Waals surface area contributed by atoms with Gasteiger partial charge >= 0.3 is 0 Å². The first-order chi connectivity index (χ1) is 10.1. The van der Waals surface area contributed by atoms with E-state index in [2.05, 4.69) is 20.5 Å². The quantitative estimate of drug-likeness (QED) is 0.544. The van der Waals surface area contributed by atoms with Gasteiger partial charge in [0.05, 0.1) is 0 Å². The average molecular weight is 322 g/mol. The van der Waals surface area contributed by atoms with Gasteiger partial charge in [-0.05, 0) is 53.8 Å². The van der Waals surface area contributed by atoms with Crippen LogP contribution in [-0.4, -0.2) is 31.3 Å². The minimum Gasteiger partial charge on any atom is -0.439 e. The lowest BCUT2D eigenvalue weighted by Gasteiger charge is -2.09. The Bertz CT molecular complexity index is 796. The van der Waals surface area contributed by atoms with E-state index in [1.807, 2.05) is 32.2 Å². The molecule has 0 N–H and O–H groups in total. The highest BCUT2D eigenvalue weighted by Crippen LogP contribution is 2.29. The summed E-state index contributed by atoms with van der Waals surface area (Å²) >= 11 is 7.60. The summed E-state index contributed by atoms with van der Waals surface area (Å²) in [4.78, 5) is 4.40. The lowest BCUT2D eigenvalue weighted by molar-refractivity contribution is 0.453. The van der Waals surface area contributed by atoms with Crippen LogP contribution in [0.25, 0.3) is 5.65 Å². The van der Waals surface area contributed by atoms with E-state index in [1.165, 1.54) is 11.8 Å². The minimum atomic E-state index is 0.447. The first-order valence-electron chi connectivity index (χ1n) is 6.16. The maximum Gasteiger partial charge on any atom is 0.225 e. The number of benzene rings is 1. The average Bonchev–Trinajstić information content (AvgIpc) is 2.92. The van der Waals surface area contributed by atoms with Gasteiger partial charge < -0.3 is 4.74 Å². The number of halogens is 1. The molecule has 0 radical (unpaired) electrons. The van der Waals surface area contributed by atoms with Crippen LogP contribution in [0.5, 0.6) is 11.6 Å². The van der Waals surface area contributed by atoms with Crippen LogP contribution in [0, 0.1) is 13.8 Å². The van der Waals surface area contributed by atoms with Crippen LogP contribution in [-0.2, 0) is 0 Å². The third kappa shape index (κ3) is 2.66. The van der Waals surface area contributed by atoms with E-state index in [0.717, 1.165) is 16.1 Å². The Hall–Kier alpha value is -1.86. The monoisotopic (exact) mass is 321 g/mol. The molecule has 0 aliphatic heterocycles. The maximum atomic E-state index is 6.16. The molecule has 3 rings (SSSR count). The molecule has 108 valence electrons. The molecular formula is C13H12ClN5OS. The van der Waals surface area contributed by atoms with Crippen LogP contribution >= 0.6 is 23.4 Å². The minimum absolute atomic E-state index is 0.447. The first kappa shape index (κ1) is 14.1. The SMILES string of the molecule is CSc1nc(Oc2cc(C)c(Cl)c(C)c2)cc2nnnn12. The smallest absolute Gasteiger partial charge is 0.225 e. The van der Waals surface area contributed by atoms with E-state index < -0.39 is 0 Å². The predicted octanol–water partition coefficient (Wildman–Crippen LogP) is 3.30.